The molecule has 1 heterocycles. The average molecular weight is 515 g/mol. The van der Waals surface area contributed by atoms with E-state index in [1.807, 2.05) is 36.4 Å². The van der Waals surface area contributed by atoms with Crippen molar-refractivity contribution in [2.75, 3.05) is 5.32 Å². The van der Waals surface area contributed by atoms with Gasteiger partial charge in [-0.3, -0.25) is 9.48 Å². The smallest absolute Gasteiger partial charge is 0.255 e. The van der Waals surface area contributed by atoms with Gasteiger partial charge in [0.1, 0.15) is 18.2 Å². The molecule has 0 saturated heterocycles. The van der Waals surface area contributed by atoms with Crippen molar-refractivity contribution in [2.45, 2.75) is 13.2 Å². The highest BCUT2D eigenvalue weighted by Gasteiger charge is 2.10. The Morgan fingerprint density at radius 3 is 2.72 bits per heavy atom. The van der Waals surface area contributed by atoms with Crippen molar-refractivity contribution in [1.82, 2.24) is 9.78 Å². The Bertz CT molecular complexity index is 1240. The van der Waals surface area contributed by atoms with E-state index in [-0.39, 0.29) is 5.91 Å². The Hall–Kier alpha value is -3.16. The average Bonchev–Trinajstić information content (AvgIpc) is 3.22. The van der Waals surface area contributed by atoms with Crippen LogP contribution in [0, 0.1) is 5.82 Å². The molecule has 0 spiro atoms. The van der Waals surface area contributed by atoms with Crippen LogP contribution in [-0.4, -0.2) is 15.7 Å². The Balaban J connectivity index is 1.37. The van der Waals surface area contributed by atoms with E-state index in [0.717, 1.165) is 21.3 Å². The van der Waals surface area contributed by atoms with Gasteiger partial charge < -0.3 is 10.1 Å². The summed E-state index contributed by atoms with van der Waals surface area (Å²) in [6.07, 6.45) is 3.24. The second kappa shape index (κ2) is 9.97. The number of hydrogen-bond donors (Lipinski definition) is 1. The monoisotopic (exact) mass is 513 g/mol. The Morgan fingerprint density at radius 1 is 1.12 bits per heavy atom. The molecule has 0 aliphatic carbocycles. The summed E-state index contributed by atoms with van der Waals surface area (Å²) in [6.45, 7) is 0.705. The van der Waals surface area contributed by atoms with E-state index in [1.54, 1.807) is 35.3 Å². The summed E-state index contributed by atoms with van der Waals surface area (Å²) in [7, 11) is 0. The molecule has 1 amide bonds. The molecule has 4 aromatic rings. The molecule has 0 fully saturated rings. The molecule has 8 heteroatoms. The van der Waals surface area contributed by atoms with Gasteiger partial charge in [-0.1, -0.05) is 45.7 Å². The Labute approximate surface area is 197 Å². The SMILES string of the molecule is O=C(Nc1cnn(Cc2ccc(F)cc2Cl)c1)c1cccc(COc2ccc(Br)cc2)c1. The first-order valence-electron chi connectivity index (χ1n) is 9.71. The van der Waals surface area contributed by atoms with Crippen LogP contribution < -0.4 is 10.1 Å². The molecule has 0 aliphatic heterocycles. The third-order valence-electron chi connectivity index (χ3n) is 4.65. The van der Waals surface area contributed by atoms with Crippen molar-refractivity contribution in [1.29, 1.82) is 0 Å². The molecule has 0 bridgehead atoms. The first-order valence-corrected chi connectivity index (χ1v) is 10.9. The minimum absolute atomic E-state index is 0.255. The molecule has 0 saturated carbocycles. The molecular weight excluding hydrogens is 497 g/mol. The minimum atomic E-state index is -0.392. The standard InChI is InChI=1S/C24H18BrClFN3O2/c25-19-5-8-22(9-6-19)32-15-16-2-1-3-17(10-16)24(31)29-21-12-28-30(14-21)13-18-4-7-20(27)11-23(18)26/h1-12,14H,13,15H2,(H,29,31). The van der Waals surface area contributed by atoms with Crippen LogP contribution in [0.15, 0.2) is 83.6 Å². The lowest BCUT2D eigenvalue weighted by atomic mass is 10.1. The highest BCUT2D eigenvalue weighted by atomic mass is 79.9. The summed E-state index contributed by atoms with van der Waals surface area (Å²) in [4.78, 5) is 12.7. The van der Waals surface area contributed by atoms with E-state index < -0.39 is 5.82 Å². The molecule has 0 aliphatic rings. The molecule has 0 atom stereocenters. The lowest BCUT2D eigenvalue weighted by Crippen LogP contribution is -2.12. The Morgan fingerprint density at radius 2 is 1.94 bits per heavy atom. The van der Waals surface area contributed by atoms with E-state index in [2.05, 4.69) is 26.3 Å². The third-order valence-corrected chi connectivity index (χ3v) is 5.53. The zero-order chi connectivity index (χ0) is 22.5. The maximum atomic E-state index is 13.2. The maximum absolute atomic E-state index is 13.2. The number of benzene rings is 3. The second-order valence-corrected chi connectivity index (χ2v) is 8.38. The zero-order valence-corrected chi connectivity index (χ0v) is 19.1. The minimum Gasteiger partial charge on any atom is -0.489 e. The van der Waals surface area contributed by atoms with Crippen LogP contribution in [0.4, 0.5) is 10.1 Å². The van der Waals surface area contributed by atoms with Gasteiger partial charge in [0.2, 0.25) is 0 Å². The van der Waals surface area contributed by atoms with Crippen LogP contribution in [0.2, 0.25) is 5.02 Å². The maximum Gasteiger partial charge on any atom is 0.255 e. The molecule has 3 aromatic carbocycles. The van der Waals surface area contributed by atoms with E-state index >= 15 is 0 Å². The normalized spacial score (nSPS) is 10.7. The summed E-state index contributed by atoms with van der Waals surface area (Å²) in [5.41, 5.74) is 2.66. The number of halogens is 3. The number of anilines is 1. The molecular formula is C24H18BrClFN3O2. The molecule has 4 rings (SSSR count). The van der Waals surface area contributed by atoms with Crippen LogP contribution in [0.1, 0.15) is 21.5 Å². The number of amides is 1. The lowest BCUT2D eigenvalue weighted by Gasteiger charge is -2.08. The fourth-order valence-electron chi connectivity index (χ4n) is 3.04. The molecule has 0 radical (unpaired) electrons. The van der Waals surface area contributed by atoms with Crippen molar-refractivity contribution in [3.05, 3.63) is 111 Å². The molecule has 0 unspecified atom stereocenters. The van der Waals surface area contributed by atoms with Gasteiger partial charge in [0, 0.05) is 21.3 Å². The topological polar surface area (TPSA) is 56.2 Å². The van der Waals surface area contributed by atoms with Crippen molar-refractivity contribution in [3.63, 3.8) is 0 Å². The van der Waals surface area contributed by atoms with Crippen molar-refractivity contribution < 1.29 is 13.9 Å². The van der Waals surface area contributed by atoms with Crippen molar-refractivity contribution in [2.24, 2.45) is 0 Å². The van der Waals surface area contributed by atoms with E-state index in [4.69, 9.17) is 16.3 Å². The first-order chi connectivity index (χ1) is 15.5. The number of carbonyl (C=O) groups excluding carboxylic acids is 1. The van der Waals surface area contributed by atoms with Gasteiger partial charge in [-0.15, -0.1) is 0 Å². The Kier molecular flexibility index (Phi) is 6.87. The summed E-state index contributed by atoms with van der Waals surface area (Å²) < 4.78 is 21.6. The zero-order valence-electron chi connectivity index (χ0n) is 16.8. The van der Waals surface area contributed by atoms with Gasteiger partial charge in [-0.05, 0) is 59.7 Å². The highest BCUT2D eigenvalue weighted by Crippen LogP contribution is 2.20. The van der Waals surface area contributed by atoms with Crippen LogP contribution in [0.25, 0.3) is 0 Å². The summed E-state index contributed by atoms with van der Waals surface area (Å²) >= 11 is 9.47. The number of carbonyl (C=O) groups is 1. The van der Waals surface area contributed by atoms with Gasteiger partial charge >= 0.3 is 0 Å². The number of nitrogens with one attached hydrogen (secondary N) is 1. The van der Waals surface area contributed by atoms with Gasteiger partial charge in [-0.25, -0.2) is 4.39 Å². The van der Waals surface area contributed by atoms with Gasteiger partial charge in [0.25, 0.3) is 5.91 Å². The van der Waals surface area contributed by atoms with Gasteiger partial charge in [0.05, 0.1) is 18.4 Å². The molecule has 1 aromatic heterocycles. The predicted molar refractivity (Wildman–Crippen MR) is 126 cm³/mol. The number of nitrogens with zero attached hydrogens (tertiary/aromatic N) is 2. The van der Waals surface area contributed by atoms with Crippen molar-refractivity contribution in [3.8, 4) is 5.75 Å². The number of rotatable bonds is 7. The quantitative estimate of drug-likeness (QED) is 0.314. The van der Waals surface area contributed by atoms with Gasteiger partial charge in [-0.2, -0.15) is 5.10 Å². The fraction of sp³-hybridized carbons (Fsp3) is 0.0833. The summed E-state index contributed by atoms with van der Waals surface area (Å²) in [6, 6.07) is 19.0. The van der Waals surface area contributed by atoms with Crippen molar-refractivity contribution >= 4 is 39.1 Å². The van der Waals surface area contributed by atoms with Crippen LogP contribution >= 0.6 is 27.5 Å². The molecule has 32 heavy (non-hydrogen) atoms. The van der Waals surface area contributed by atoms with E-state index in [0.29, 0.717) is 29.4 Å². The molecule has 162 valence electrons. The largest absolute Gasteiger partial charge is 0.489 e. The second-order valence-electron chi connectivity index (χ2n) is 7.06. The molecule has 5 nitrogen and oxygen atoms in total. The van der Waals surface area contributed by atoms with Crippen LogP contribution in [-0.2, 0) is 13.2 Å². The molecule has 1 N–H and O–H groups in total. The fourth-order valence-corrected chi connectivity index (χ4v) is 3.53. The predicted octanol–water partition coefficient (Wildman–Crippen LogP) is 6.32. The van der Waals surface area contributed by atoms with E-state index in [1.165, 1.54) is 12.1 Å². The number of ether oxygens (including phenoxy) is 1. The first kappa shape index (κ1) is 22.0. The highest BCUT2D eigenvalue weighted by molar-refractivity contribution is 9.10. The summed E-state index contributed by atoms with van der Waals surface area (Å²) in [5, 5.41) is 7.40. The number of hydrogen-bond acceptors (Lipinski definition) is 3. The third kappa shape index (κ3) is 5.75. The van der Waals surface area contributed by atoms with Crippen LogP contribution in [0.5, 0.6) is 5.75 Å². The summed E-state index contributed by atoms with van der Waals surface area (Å²) in [5.74, 6) is 0.100. The van der Waals surface area contributed by atoms with E-state index in [9.17, 15) is 9.18 Å². The van der Waals surface area contributed by atoms with Gasteiger partial charge in [0.15, 0.2) is 0 Å². The van der Waals surface area contributed by atoms with Crippen LogP contribution in [0.3, 0.4) is 0 Å². The lowest BCUT2D eigenvalue weighted by molar-refractivity contribution is 0.102. The number of aromatic nitrogens is 2.